The van der Waals surface area contributed by atoms with Gasteiger partial charge in [0.25, 0.3) is 0 Å². The number of nitro groups is 1. The highest BCUT2D eigenvalue weighted by Gasteiger charge is 2.13. The first-order valence-electron chi connectivity index (χ1n) is 4.11. The monoisotopic (exact) mass is 197 g/mol. The Bertz CT molecular complexity index is 316. The van der Waals surface area contributed by atoms with Crippen LogP contribution in [-0.2, 0) is 0 Å². The van der Waals surface area contributed by atoms with E-state index >= 15 is 0 Å². The molecule has 1 aromatic heterocycles. The molecule has 1 aromatic rings. The zero-order valence-electron chi connectivity index (χ0n) is 7.77. The molecule has 0 spiro atoms. The lowest BCUT2D eigenvalue weighted by atomic mass is 10.4. The zero-order chi connectivity index (χ0) is 10.4. The number of likely N-dealkylation sites (N-methyl/N-ethyl adjacent to an activating group) is 1. The van der Waals surface area contributed by atoms with Gasteiger partial charge in [-0.2, -0.15) is 0 Å². The number of nitrogens with zero attached hydrogens (tertiary/aromatic N) is 2. The molecule has 0 saturated heterocycles. The molecule has 0 fully saturated rings. The number of pyridine rings is 1. The van der Waals surface area contributed by atoms with Gasteiger partial charge in [0.2, 0.25) is 0 Å². The zero-order valence-corrected chi connectivity index (χ0v) is 7.77. The minimum Gasteiger partial charge on any atom is -0.485 e. The van der Waals surface area contributed by atoms with Gasteiger partial charge in [-0.05, 0) is 7.05 Å². The lowest BCUT2D eigenvalue weighted by Crippen LogP contribution is -2.16. The van der Waals surface area contributed by atoms with E-state index in [9.17, 15) is 10.1 Å². The van der Waals surface area contributed by atoms with E-state index in [1.807, 2.05) is 0 Å². The Morgan fingerprint density at radius 3 is 3.14 bits per heavy atom. The molecule has 0 radical (unpaired) electrons. The Kier molecular flexibility index (Phi) is 3.81. The predicted molar refractivity (Wildman–Crippen MR) is 50.3 cm³/mol. The van der Waals surface area contributed by atoms with Crippen molar-refractivity contribution in [1.82, 2.24) is 10.3 Å². The molecular formula is C8H11N3O3. The minimum absolute atomic E-state index is 0.108. The first-order chi connectivity index (χ1) is 6.75. The van der Waals surface area contributed by atoms with Crippen molar-refractivity contribution >= 4 is 5.69 Å². The van der Waals surface area contributed by atoms with Crippen LogP contribution < -0.4 is 10.1 Å². The summed E-state index contributed by atoms with van der Waals surface area (Å²) in [6.07, 6.45) is 2.64. The molecule has 1 heterocycles. The highest BCUT2D eigenvalue weighted by Crippen LogP contribution is 2.24. The number of rotatable bonds is 5. The van der Waals surface area contributed by atoms with E-state index < -0.39 is 4.92 Å². The van der Waals surface area contributed by atoms with Gasteiger partial charge in [-0.25, -0.2) is 0 Å². The van der Waals surface area contributed by atoms with Crippen LogP contribution in [-0.4, -0.2) is 30.1 Å². The van der Waals surface area contributed by atoms with Crippen LogP contribution in [0.25, 0.3) is 0 Å². The molecule has 0 unspecified atom stereocenters. The fourth-order valence-electron chi connectivity index (χ4n) is 0.896. The maximum Gasteiger partial charge on any atom is 0.329 e. The summed E-state index contributed by atoms with van der Waals surface area (Å²) in [6, 6.07) is 1.48. The van der Waals surface area contributed by atoms with E-state index in [0.29, 0.717) is 13.2 Å². The van der Waals surface area contributed by atoms with Crippen molar-refractivity contribution in [2.45, 2.75) is 0 Å². The summed E-state index contributed by atoms with van der Waals surface area (Å²) in [7, 11) is 1.78. The summed E-state index contributed by atoms with van der Waals surface area (Å²) >= 11 is 0. The second kappa shape index (κ2) is 5.13. The molecule has 1 N–H and O–H groups in total. The van der Waals surface area contributed by atoms with Crippen LogP contribution >= 0.6 is 0 Å². The largest absolute Gasteiger partial charge is 0.485 e. The van der Waals surface area contributed by atoms with Gasteiger partial charge in [-0.15, -0.1) is 0 Å². The Morgan fingerprint density at radius 1 is 1.71 bits per heavy atom. The maximum absolute atomic E-state index is 10.5. The summed E-state index contributed by atoms with van der Waals surface area (Å²) in [5.41, 5.74) is -0.108. The molecule has 0 atom stereocenters. The minimum atomic E-state index is -0.512. The molecule has 0 aliphatic carbocycles. The Balaban J connectivity index is 2.69. The lowest BCUT2D eigenvalue weighted by molar-refractivity contribution is -0.386. The Morgan fingerprint density at radius 2 is 2.50 bits per heavy atom. The van der Waals surface area contributed by atoms with Crippen LogP contribution in [0.5, 0.6) is 5.75 Å². The highest BCUT2D eigenvalue weighted by atomic mass is 16.6. The van der Waals surface area contributed by atoms with Gasteiger partial charge in [0.05, 0.1) is 4.92 Å². The van der Waals surface area contributed by atoms with Gasteiger partial charge in [-0.3, -0.25) is 15.1 Å². The molecule has 0 aromatic carbocycles. The van der Waals surface area contributed by atoms with Gasteiger partial charge in [-0.1, -0.05) is 0 Å². The van der Waals surface area contributed by atoms with Crippen LogP contribution in [0.2, 0.25) is 0 Å². The lowest BCUT2D eigenvalue weighted by Gasteiger charge is -2.04. The van der Waals surface area contributed by atoms with E-state index in [4.69, 9.17) is 4.74 Å². The topological polar surface area (TPSA) is 77.3 Å². The average Bonchev–Trinajstić information content (AvgIpc) is 2.19. The van der Waals surface area contributed by atoms with Gasteiger partial charge in [0.1, 0.15) is 12.8 Å². The SMILES string of the molecule is CNCCOc1ccncc1[N+](=O)[O-]. The number of aromatic nitrogens is 1. The molecular weight excluding hydrogens is 186 g/mol. The third kappa shape index (κ3) is 2.67. The van der Waals surface area contributed by atoms with Crippen molar-refractivity contribution in [3.05, 3.63) is 28.6 Å². The molecule has 1 rings (SSSR count). The molecule has 0 amide bonds. The molecule has 0 aliphatic heterocycles. The van der Waals surface area contributed by atoms with E-state index in [-0.39, 0.29) is 11.4 Å². The first-order valence-corrected chi connectivity index (χ1v) is 4.11. The van der Waals surface area contributed by atoms with E-state index in [1.165, 1.54) is 18.5 Å². The second-order valence-corrected chi connectivity index (χ2v) is 2.55. The number of ether oxygens (including phenoxy) is 1. The van der Waals surface area contributed by atoms with Gasteiger partial charge in [0.15, 0.2) is 5.75 Å². The Labute approximate surface area is 81.1 Å². The van der Waals surface area contributed by atoms with Gasteiger partial charge < -0.3 is 10.1 Å². The van der Waals surface area contributed by atoms with Crippen LogP contribution in [0.15, 0.2) is 18.5 Å². The van der Waals surface area contributed by atoms with E-state index in [1.54, 1.807) is 7.05 Å². The standard InChI is InChI=1S/C8H11N3O3/c1-9-4-5-14-8-2-3-10-6-7(8)11(12)13/h2-3,6,9H,4-5H2,1H3. The Hall–Kier alpha value is -1.69. The van der Waals surface area contributed by atoms with Crippen molar-refractivity contribution in [2.75, 3.05) is 20.2 Å². The van der Waals surface area contributed by atoms with Crippen LogP contribution in [0.3, 0.4) is 0 Å². The summed E-state index contributed by atoms with van der Waals surface area (Å²) in [5, 5.41) is 13.4. The third-order valence-corrected chi connectivity index (χ3v) is 1.57. The number of hydrogen-bond acceptors (Lipinski definition) is 5. The van der Waals surface area contributed by atoms with Crippen molar-refractivity contribution < 1.29 is 9.66 Å². The maximum atomic E-state index is 10.5. The summed E-state index contributed by atoms with van der Waals surface area (Å²) < 4.78 is 5.19. The highest BCUT2D eigenvalue weighted by molar-refractivity contribution is 5.42. The molecule has 0 bridgehead atoms. The van der Waals surface area contributed by atoms with Crippen molar-refractivity contribution in [3.63, 3.8) is 0 Å². The molecule has 0 aliphatic rings. The van der Waals surface area contributed by atoms with Gasteiger partial charge in [0, 0.05) is 18.8 Å². The fraction of sp³-hybridized carbons (Fsp3) is 0.375. The summed E-state index contributed by atoms with van der Waals surface area (Å²) in [5.74, 6) is 0.250. The van der Waals surface area contributed by atoms with Crippen LogP contribution in [0.4, 0.5) is 5.69 Å². The third-order valence-electron chi connectivity index (χ3n) is 1.57. The summed E-state index contributed by atoms with van der Waals surface area (Å²) in [4.78, 5) is 13.7. The quantitative estimate of drug-likeness (QED) is 0.424. The predicted octanol–water partition coefficient (Wildman–Crippen LogP) is 0.588. The first kappa shape index (κ1) is 10.4. The molecule has 0 saturated carbocycles. The van der Waals surface area contributed by atoms with Gasteiger partial charge >= 0.3 is 5.69 Å². The second-order valence-electron chi connectivity index (χ2n) is 2.55. The van der Waals surface area contributed by atoms with Crippen molar-refractivity contribution in [3.8, 4) is 5.75 Å². The molecule has 6 heteroatoms. The smallest absolute Gasteiger partial charge is 0.329 e. The van der Waals surface area contributed by atoms with E-state index in [0.717, 1.165) is 0 Å². The van der Waals surface area contributed by atoms with E-state index in [2.05, 4.69) is 10.3 Å². The van der Waals surface area contributed by atoms with Crippen molar-refractivity contribution in [1.29, 1.82) is 0 Å². The molecule has 14 heavy (non-hydrogen) atoms. The number of hydrogen-bond donors (Lipinski definition) is 1. The number of nitrogens with one attached hydrogen (secondary N) is 1. The normalized spacial score (nSPS) is 9.79. The van der Waals surface area contributed by atoms with Crippen LogP contribution in [0, 0.1) is 10.1 Å². The summed E-state index contributed by atoms with van der Waals surface area (Å²) in [6.45, 7) is 1.03. The van der Waals surface area contributed by atoms with Crippen LogP contribution in [0.1, 0.15) is 0 Å². The molecule has 6 nitrogen and oxygen atoms in total. The fourth-order valence-corrected chi connectivity index (χ4v) is 0.896. The molecule has 76 valence electrons. The average molecular weight is 197 g/mol. The van der Waals surface area contributed by atoms with Crippen molar-refractivity contribution in [2.24, 2.45) is 0 Å².